The molecule has 18 heavy (non-hydrogen) atoms. The molecule has 1 aliphatic rings. The fourth-order valence-corrected chi connectivity index (χ4v) is 2.17. The van der Waals surface area contributed by atoms with Crippen LogP contribution in [-0.4, -0.2) is 16.5 Å². The minimum atomic E-state index is -0.194. The van der Waals surface area contributed by atoms with E-state index in [2.05, 4.69) is 15.3 Å². The van der Waals surface area contributed by atoms with E-state index in [4.69, 9.17) is 0 Å². The van der Waals surface area contributed by atoms with Crippen molar-refractivity contribution in [3.05, 3.63) is 58.9 Å². The summed E-state index contributed by atoms with van der Waals surface area (Å²) in [6.45, 7) is 1.78. The maximum absolute atomic E-state index is 13.5. The van der Waals surface area contributed by atoms with Crippen LogP contribution in [0.25, 0.3) is 0 Å². The van der Waals surface area contributed by atoms with Gasteiger partial charge in [-0.25, -0.2) is 14.4 Å². The largest absolute Gasteiger partial charge is 0.312 e. The van der Waals surface area contributed by atoms with Gasteiger partial charge in [0.15, 0.2) is 0 Å². The molecular formula is C14H14FN3. The first kappa shape index (κ1) is 11.3. The van der Waals surface area contributed by atoms with E-state index in [9.17, 15) is 4.39 Å². The Labute approximate surface area is 105 Å². The van der Waals surface area contributed by atoms with Crippen LogP contribution in [0.1, 0.15) is 22.6 Å². The van der Waals surface area contributed by atoms with Gasteiger partial charge in [-0.05, 0) is 11.6 Å². The molecule has 0 saturated carbocycles. The number of hydrogen-bond acceptors (Lipinski definition) is 3. The zero-order chi connectivity index (χ0) is 12.4. The third-order valence-electron chi connectivity index (χ3n) is 3.16. The Morgan fingerprint density at radius 1 is 1.28 bits per heavy atom. The van der Waals surface area contributed by atoms with Gasteiger partial charge in [0.25, 0.3) is 0 Å². The highest BCUT2D eigenvalue weighted by Crippen LogP contribution is 2.14. The van der Waals surface area contributed by atoms with Crippen molar-refractivity contribution in [1.82, 2.24) is 15.3 Å². The quantitative estimate of drug-likeness (QED) is 0.874. The summed E-state index contributed by atoms with van der Waals surface area (Å²) in [6, 6.07) is 6.77. The van der Waals surface area contributed by atoms with E-state index in [0.29, 0.717) is 17.8 Å². The summed E-state index contributed by atoms with van der Waals surface area (Å²) in [4.78, 5) is 8.84. The van der Waals surface area contributed by atoms with Gasteiger partial charge in [0.05, 0.1) is 0 Å². The maximum atomic E-state index is 13.5. The van der Waals surface area contributed by atoms with E-state index in [1.807, 2.05) is 12.3 Å². The van der Waals surface area contributed by atoms with E-state index < -0.39 is 0 Å². The lowest BCUT2D eigenvalue weighted by Crippen LogP contribution is -2.25. The van der Waals surface area contributed by atoms with Gasteiger partial charge in [-0.1, -0.05) is 18.2 Å². The molecule has 0 saturated heterocycles. The highest BCUT2D eigenvalue weighted by molar-refractivity contribution is 5.24. The molecule has 3 rings (SSSR count). The Morgan fingerprint density at radius 2 is 2.17 bits per heavy atom. The van der Waals surface area contributed by atoms with Crippen molar-refractivity contribution in [3.63, 3.8) is 0 Å². The summed E-state index contributed by atoms with van der Waals surface area (Å²) < 4.78 is 13.5. The first-order chi connectivity index (χ1) is 8.83. The summed E-state index contributed by atoms with van der Waals surface area (Å²) >= 11 is 0. The first-order valence-corrected chi connectivity index (χ1v) is 6.11. The summed E-state index contributed by atoms with van der Waals surface area (Å²) in [6.07, 6.45) is 3.22. The minimum Gasteiger partial charge on any atom is -0.312 e. The predicted octanol–water partition coefficient (Wildman–Crippen LogP) is 1.85. The number of aromatic nitrogens is 2. The van der Waals surface area contributed by atoms with Crippen molar-refractivity contribution in [2.45, 2.75) is 19.4 Å². The van der Waals surface area contributed by atoms with Gasteiger partial charge in [-0.15, -0.1) is 0 Å². The predicted molar refractivity (Wildman–Crippen MR) is 66.6 cm³/mol. The lowest BCUT2D eigenvalue weighted by molar-refractivity contribution is 0.606. The van der Waals surface area contributed by atoms with E-state index in [1.54, 1.807) is 12.1 Å². The summed E-state index contributed by atoms with van der Waals surface area (Å²) in [7, 11) is 0. The molecule has 0 amide bonds. The molecule has 4 heteroatoms. The van der Waals surface area contributed by atoms with Crippen LogP contribution in [0, 0.1) is 5.82 Å². The molecule has 0 atom stereocenters. The molecular weight excluding hydrogens is 229 g/mol. The van der Waals surface area contributed by atoms with Crippen LogP contribution in [0.2, 0.25) is 0 Å². The zero-order valence-electron chi connectivity index (χ0n) is 9.99. The highest BCUT2D eigenvalue weighted by atomic mass is 19.1. The van der Waals surface area contributed by atoms with Crippen molar-refractivity contribution in [1.29, 1.82) is 0 Å². The summed E-state index contributed by atoms with van der Waals surface area (Å²) in [5.74, 6) is 0.501. The monoisotopic (exact) mass is 243 g/mol. The summed E-state index contributed by atoms with van der Waals surface area (Å²) in [5.41, 5.74) is 2.89. The zero-order valence-corrected chi connectivity index (χ0v) is 9.99. The Hall–Kier alpha value is -1.81. The smallest absolute Gasteiger partial charge is 0.133 e. The third-order valence-corrected chi connectivity index (χ3v) is 3.16. The standard InChI is InChI=1S/C14H14FN3/c15-12-4-2-1-3-10(12)7-14-17-9-11-8-16-6-5-13(11)18-14/h1-4,9,16H,5-8H2. The second-order valence-electron chi connectivity index (χ2n) is 4.45. The second kappa shape index (κ2) is 4.82. The fraction of sp³-hybridized carbons (Fsp3) is 0.286. The van der Waals surface area contributed by atoms with Gasteiger partial charge in [0.2, 0.25) is 0 Å². The van der Waals surface area contributed by atoms with E-state index in [0.717, 1.165) is 30.8 Å². The molecule has 2 heterocycles. The number of fused-ring (bicyclic) bond motifs is 1. The van der Waals surface area contributed by atoms with Crippen LogP contribution < -0.4 is 5.32 Å². The molecule has 0 spiro atoms. The van der Waals surface area contributed by atoms with Crippen LogP contribution >= 0.6 is 0 Å². The van der Waals surface area contributed by atoms with Crippen LogP contribution in [0.3, 0.4) is 0 Å². The van der Waals surface area contributed by atoms with Gasteiger partial charge < -0.3 is 5.32 Å². The van der Waals surface area contributed by atoms with Crippen molar-refractivity contribution in [2.75, 3.05) is 6.54 Å². The van der Waals surface area contributed by atoms with Gasteiger partial charge in [0.1, 0.15) is 11.6 Å². The SMILES string of the molecule is Fc1ccccc1Cc1ncc2c(n1)CCNC2. The van der Waals surface area contributed by atoms with Crippen LogP contribution in [0.5, 0.6) is 0 Å². The van der Waals surface area contributed by atoms with Crippen molar-refractivity contribution in [2.24, 2.45) is 0 Å². The Balaban J connectivity index is 1.87. The van der Waals surface area contributed by atoms with Crippen LogP contribution in [0.4, 0.5) is 4.39 Å². The minimum absolute atomic E-state index is 0.194. The molecule has 92 valence electrons. The van der Waals surface area contributed by atoms with Gasteiger partial charge in [0, 0.05) is 43.4 Å². The van der Waals surface area contributed by atoms with Crippen molar-refractivity contribution < 1.29 is 4.39 Å². The Bertz CT molecular complexity index is 569. The topological polar surface area (TPSA) is 37.8 Å². The number of benzene rings is 1. The molecule has 1 N–H and O–H groups in total. The molecule has 0 radical (unpaired) electrons. The number of halogens is 1. The molecule has 0 fully saturated rings. The number of nitrogens with zero attached hydrogens (tertiary/aromatic N) is 2. The molecule has 3 nitrogen and oxygen atoms in total. The van der Waals surface area contributed by atoms with Crippen molar-refractivity contribution >= 4 is 0 Å². The van der Waals surface area contributed by atoms with E-state index in [-0.39, 0.29) is 5.82 Å². The summed E-state index contributed by atoms with van der Waals surface area (Å²) in [5, 5.41) is 3.28. The average Bonchev–Trinajstić information content (AvgIpc) is 2.41. The second-order valence-corrected chi connectivity index (χ2v) is 4.45. The Morgan fingerprint density at radius 3 is 3.06 bits per heavy atom. The normalized spacial score (nSPS) is 14.3. The highest BCUT2D eigenvalue weighted by Gasteiger charge is 2.12. The first-order valence-electron chi connectivity index (χ1n) is 6.11. The van der Waals surface area contributed by atoms with Crippen molar-refractivity contribution in [3.8, 4) is 0 Å². The van der Waals surface area contributed by atoms with E-state index >= 15 is 0 Å². The fourth-order valence-electron chi connectivity index (χ4n) is 2.17. The molecule has 2 aromatic rings. The van der Waals surface area contributed by atoms with Crippen LogP contribution in [-0.2, 0) is 19.4 Å². The van der Waals surface area contributed by atoms with Gasteiger partial charge in [-0.2, -0.15) is 0 Å². The van der Waals surface area contributed by atoms with Crippen LogP contribution in [0.15, 0.2) is 30.5 Å². The molecule has 0 aliphatic carbocycles. The van der Waals surface area contributed by atoms with E-state index in [1.165, 1.54) is 6.07 Å². The Kier molecular flexibility index (Phi) is 3.02. The number of nitrogens with one attached hydrogen (secondary N) is 1. The number of hydrogen-bond donors (Lipinski definition) is 1. The average molecular weight is 243 g/mol. The molecule has 0 bridgehead atoms. The number of rotatable bonds is 2. The molecule has 1 aliphatic heterocycles. The lowest BCUT2D eigenvalue weighted by atomic mass is 10.1. The molecule has 1 aromatic carbocycles. The molecule has 0 unspecified atom stereocenters. The third kappa shape index (κ3) is 2.24. The molecule has 1 aromatic heterocycles. The maximum Gasteiger partial charge on any atom is 0.133 e. The van der Waals surface area contributed by atoms with Gasteiger partial charge >= 0.3 is 0 Å². The lowest BCUT2D eigenvalue weighted by Gasteiger charge is -2.16. The van der Waals surface area contributed by atoms with Gasteiger partial charge in [-0.3, -0.25) is 0 Å².